The fourth-order valence-corrected chi connectivity index (χ4v) is 5.28. The molecule has 0 amide bonds. The Bertz CT molecular complexity index is 1070. The maximum Gasteiger partial charge on any atom is 0.200 e. The summed E-state index contributed by atoms with van der Waals surface area (Å²) in [6.45, 7) is -0.392. The number of aliphatic hydroxyl groups excluding tert-OH is 4. The van der Waals surface area contributed by atoms with E-state index in [9.17, 15) is 30.6 Å². The van der Waals surface area contributed by atoms with Crippen molar-refractivity contribution in [2.45, 2.75) is 36.9 Å². The van der Waals surface area contributed by atoms with Gasteiger partial charge in [0.15, 0.2) is 29.3 Å². The van der Waals surface area contributed by atoms with E-state index in [1.807, 2.05) is 0 Å². The molecule has 0 spiro atoms. The number of aliphatic hydroxyl groups is 4. The molecule has 4 rings (SSSR count). The fraction of sp³-hybridized carbons (Fsp3) is 0.538. The first-order valence-corrected chi connectivity index (χ1v) is 12.0. The summed E-state index contributed by atoms with van der Waals surface area (Å²) < 4.78 is 27.3. The second-order valence-electron chi connectivity index (χ2n) is 9.37. The van der Waals surface area contributed by atoms with Crippen LogP contribution in [0.5, 0.6) is 28.7 Å². The number of phenols is 2. The molecule has 2 aromatic rings. The van der Waals surface area contributed by atoms with Gasteiger partial charge in [0.05, 0.1) is 34.5 Å². The van der Waals surface area contributed by atoms with Crippen LogP contribution in [-0.2, 0) is 15.9 Å². The molecule has 1 fully saturated rings. The Labute approximate surface area is 214 Å². The van der Waals surface area contributed by atoms with E-state index in [0.29, 0.717) is 17.7 Å². The number of benzene rings is 2. The molecule has 7 atom stereocenters. The molecule has 6 N–H and O–H groups in total. The van der Waals surface area contributed by atoms with E-state index in [1.165, 1.54) is 21.3 Å². The summed E-state index contributed by atoms with van der Waals surface area (Å²) in [5.74, 6) is -0.745. The Morgan fingerprint density at radius 2 is 1.54 bits per heavy atom. The molecule has 1 aliphatic heterocycles. The number of rotatable bonds is 8. The third-order valence-electron chi connectivity index (χ3n) is 7.29. The first kappa shape index (κ1) is 27.2. The summed E-state index contributed by atoms with van der Waals surface area (Å²) in [6, 6.07) is 6.66. The van der Waals surface area contributed by atoms with Crippen molar-refractivity contribution >= 4 is 0 Å². The molecule has 0 bridgehead atoms. The second kappa shape index (κ2) is 11.3. The normalized spacial score (nSPS) is 29.4. The minimum Gasteiger partial charge on any atom is -0.504 e. The highest BCUT2D eigenvalue weighted by Gasteiger charge is 2.42. The minimum atomic E-state index is -1.46. The van der Waals surface area contributed by atoms with Crippen molar-refractivity contribution in [1.29, 1.82) is 0 Å². The average molecular weight is 523 g/mol. The van der Waals surface area contributed by atoms with Gasteiger partial charge in [0.1, 0.15) is 18.3 Å². The number of hydrogen-bond donors (Lipinski definition) is 6. The highest BCUT2D eigenvalue weighted by atomic mass is 16.7. The Balaban J connectivity index is 1.78. The van der Waals surface area contributed by atoms with Gasteiger partial charge < -0.3 is 54.3 Å². The topological polar surface area (TPSA) is 168 Å². The van der Waals surface area contributed by atoms with E-state index in [1.54, 1.807) is 24.3 Å². The highest BCUT2D eigenvalue weighted by molar-refractivity contribution is 5.57. The van der Waals surface area contributed by atoms with Gasteiger partial charge in [0.25, 0.3) is 0 Å². The van der Waals surface area contributed by atoms with Crippen molar-refractivity contribution in [2.75, 3.05) is 41.2 Å². The van der Waals surface area contributed by atoms with Crippen LogP contribution in [0.4, 0.5) is 0 Å². The predicted molar refractivity (Wildman–Crippen MR) is 129 cm³/mol. The monoisotopic (exact) mass is 522 g/mol. The Kier molecular flexibility index (Phi) is 8.32. The van der Waals surface area contributed by atoms with Crippen LogP contribution in [0.3, 0.4) is 0 Å². The quantitative estimate of drug-likeness (QED) is 0.286. The molecule has 2 aliphatic rings. The molecule has 0 aromatic heterocycles. The molecule has 11 heteroatoms. The zero-order valence-electron chi connectivity index (χ0n) is 20.9. The summed E-state index contributed by atoms with van der Waals surface area (Å²) in [5, 5.41) is 61.6. The minimum absolute atomic E-state index is 0.00181. The van der Waals surface area contributed by atoms with Crippen LogP contribution in [0.25, 0.3) is 0 Å². The van der Waals surface area contributed by atoms with Crippen LogP contribution in [0.2, 0.25) is 0 Å². The van der Waals surface area contributed by atoms with Crippen LogP contribution in [0, 0.1) is 11.8 Å². The molecular weight excluding hydrogens is 488 g/mol. The molecular formula is C26H34O11. The van der Waals surface area contributed by atoms with Crippen molar-refractivity contribution in [3.8, 4) is 28.7 Å². The van der Waals surface area contributed by atoms with E-state index in [0.717, 1.165) is 11.1 Å². The van der Waals surface area contributed by atoms with Crippen molar-refractivity contribution < 1.29 is 54.3 Å². The van der Waals surface area contributed by atoms with Gasteiger partial charge in [0, 0.05) is 12.5 Å². The zero-order chi connectivity index (χ0) is 26.9. The maximum absolute atomic E-state index is 10.6. The van der Waals surface area contributed by atoms with Gasteiger partial charge in [-0.3, -0.25) is 0 Å². The average Bonchev–Trinajstić information content (AvgIpc) is 2.90. The van der Waals surface area contributed by atoms with Crippen molar-refractivity contribution in [1.82, 2.24) is 0 Å². The standard InChI is InChI=1S/C26H34O11/c1-33-19-5-12-4-14(9-27)16(10-36-26-25(32)23(30)18(29)11-37-26)22(15(12)8-17(19)28)13-6-20(34-2)24(31)21(7-13)35-3/h5-8,14,16,18,22-23,25-32H,4,9-11H2,1-3H3/t14-,16-,18+,22-,23-,25+,26?/m0/s1. The third kappa shape index (κ3) is 5.15. The lowest BCUT2D eigenvalue weighted by molar-refractivity contribution is -0.274. The van der Waals surface area contributed by atoms with Crippen molar-refractivity contribution in [2.24, 2.45) is 11.8 Å². The number of ether oxygens (including phenoxy) is 5. The van der Waals surface area contributed by atoms with E-state index >= 15 is 0 Å². The molecule has 204 valence electrons. The van der Waals surface area contributed by atoms with Crippen molar-refractivity contribution in [3.63, 3.8) is 0 Å². The molecule has 1 saturated heterocycles. The van der Waals surface area contributed by atoms with Gasteiger partial charge in [-0.25, -0.2) is 0 Å². The van der Waals surface area contributed by atoms with Crippen LogP contribution in [0.15, 0.2) is 24.3 Å². The van der Waals surface area contributed by atoms with Gasteiger partial charge in [0.2, 0.25) is 5.75 Å². The zero-order valence-corrected chi connectivity index (χ0v) is 20.9. The van der Waals surface area contributed by atoms with Crippen LogP contribution in [0.1, 0.15) is 22.6 Å². The summed E-state index contributed by atoms with van der Waals surface area (Å²) in [4.78, 5) is 0. The molecule has 11 nitrogen and oxygen atoms in total. The Morgan fingerprint density at radius 1 is 0.892 bits per heavy atom. The number of phenolic OH excluding ortho intramolecular Hbond substituents is 2. The number of aromatic hydroxyl groups is 2. The second-order valence-corrected chi connectivity index (χ2v) is 9.37. The Hall–Kier alpha value is -2.80. The molecule has 2 aromatic carbocycles. The lowest BCUT2D eigenvalue weighted by atomic mass is 9.66. The van der Waals surface area contributed by atoms with E-state index < -0.39 is 36.4 Å². The van der Waals surface area contributed by atoms with Crippen LogP contribution >= 0.6 is 0 Å². The molecule has 37 heavy (non-hydrogen) atoms. The molecule has 1 aliphatic carbocycles. The lowest BCUT2D eigenvalue weighted by Gasteiger charge is -2.41. The van der Waals surface area contributed by atoms with Crippen LogP contribution in [-0.4, -0.2) is 96.4 Å². The molecule has 0 saturated carbocycles. The molecule has 0 radical (unpaired) electrons. The lowest BCUT2D eigenvalue weighted by Crippen LogP contribution is -2.54. The van der Waals surface area contributed by atoms with Crippen LogP contribution < -0.4 is 14.2 Å². The SMILES string of the molecule is COc1cc2c(cc1O)[C@H](c1cc(OC)c(O)c(OC)c1)[C@@H](COC1OC[C@@H](O)[C@H](O)[C@H]1O)[C@H](CO)C2. The third-order valence-corrected chi connectivity index (χ3v) is 7.29. The first-order chi connectivity index (χ1) is 17.7. The Morgan fingerprint density at radius 3 is 2.14 bits per heavy atom. The summed E-state index contributed by atoms with van der Waals surface area (Å²) in [6.07, 6.45) is -4.86. The van der Waals surface area contributed by atoms with Gasteiger partial charge in [-0.2, -0.15) is 0 Å². The molecule has 1 heterocycles. The molecule has 1 unspecified atom stereocenters. The van der Waals surface area contributed by atoms with Gasteiger partial charge in [-0.15, -0.1) is 0 Å². The first-order valence-electron chi connectivity index (χ1n) is 12.0. The van der Waals surface area contributed by atoms with Gasteiger partial charge in [-0.1, -0.05) is 0 Å². The van der Waals surface area contributed by atoms with E-state index in [4.69, 9.17) is 23.7 Å². The number of fused-ring (bicyclic) bond motifs is 1. The maximum atomic E-state index is 10.6. The summed E-state index contributed by atoms with van der Waals surface area (Å²) in [7, 11) is 4.29. The predicted octanol–water partition coefficient (Wildman–Crippen LogP) is 0.492. The smallest absolute Gasteiger partial charge is 0.200 e. The number of hydrogen-bond acceptors (Lipinski definition) is 11. The van der Waals surface area contributed by atoms with E-state index in [-0.39, 0.29) is 48.7 Å². The summed E-state index contributed by atoms with van der Waals surface area (Å²) >= 11 is 0. The van der Waals surface area contributed by atoms with Gasteiger partial charge >= 0.3 is 0 Å². The van der Waals surface area contributed by atoms with Gasteiger partial charge in [-0.05, 0) is 59.2 Å². The largest absolute Gasteiger partial charge is 0.504 e. The number of methoxy groups -OCH3 is 3. The van der Waals surface area contributed by atoms with Crippen molar-refractivity contribution in [3.05, 3.63) is 41.0 Å². The van der Waals surface area contributed by atoms with E-state index in [2.05, 4.69) is 0 Å². The highest BCUT2D eigenvalue weighted by Crippen LogP contribution is 2.50. The summed E-state index contributed by atoms with van der Waals surface area (Å²) in [5.41, 5.74) is 2.28. The fourth-order valence-electron chi connectivity index (χ4n) is 5.28.